The van der Waals surface area contributed by atoms with Crippen molar-refractivity contribution < 1.29 is 14.3 Å². The number of hydrogen-bond donors (Lipinski definition) is 1. The molecule has 0 radical (unpaired) electrons. The molecule has 1 aromatic heterocycles. The van der Waals surface area contributed by atoms with E-state index in [1.165, 1.54) is 6.26 Å². The van der Waals surface area contributed by atoms with Gasteiger partial charge in [-0.25, -0.2) is 4.98 Å². The fraction of sp³-hybridized carbons (Fsp3) is 0.700. The van der Waals surface area contributed by atoms with E-state index in [0.29, 0.717) is 11.6 Å². The second-order valence-corrected chi connectivity index (χ2v) is 3.59. The first-order valence-corrected chi connectivity index (χ1v) is 5.23. The Morgan fingerprint density at radius 3 is 2.87 bits per heavy atom. The molecule has 0 saturated carbocycles. The highest BCUT2D eigenvalue weighted by molar-refractivity contribution is 4.94. The van der Waals surface area contributed by atoms with Crippen molar-refractivity contribution in [2.24, 2.45) is 0 Å². The molecule has 1 N–H and O–H groups in total. The summed E-state index contributed by atoms with van der Waals surface area (Å²) in [5, 5.41) is 8.82. The molecule has 0 unspecified atom stereocenters. The molecule has 0 aliphatic carbocycles. The molecule has 5 heteroatoms. The lowest BCUT2D eigenvalue weighted by molar-refractivity contribution is 0.0377. The number of nitrogens with zero attached hydrogens (tertiary/aromatic N) is 2. The quantitative estimate of drug-likeness (QED) is 0.763. The van der Waals surface area contributed by atoms with Crippen LogP contribution in [0.2, 0.25) is 0 Å². The molecule has 0 aromatic carbocycles. The molecule has 0 amide bonds. The lowest BCUT2D eigenvalue weighted by Crippen LogP contribution is -2.37. The maximum Gasteiger partial charge on any atom is 0.195 e. The van der Waals surface area contributed by atoms with Gasteiger partial charge in [-0.15, -0.1) is 0 Å². The van der Waals surface area contributed by atoms with Crippen LogP contribution in [-0.4, -0.2) is 47.8 Å². The van der Waals surface area contributed by atoms with E-state index in [2.05, 4.69) is 9.88 Å². The lowest BCUT2D eigenvalue weighted by atomic mass is 10.3. The van der Waals surface area contributed by atoms with Gasteiger partial charge in [-0.2, -0.15) is 0 Å². The topological polar surface area (TPSA) is 58.7 Å². The van der Waals surface area contributed by atoms with Crippen LogP contribution < -0.4 is 0 Å². The van der Waals surface area contributed by atoms with E-state index < -0.39 is 0 Å². The van der Waals surface area contributed by atoms with Crippen LogP contribution in [0.15, 0.2) is 10.7 Å². The Bertz CT molecular complexity index is 295. The Morgan fingerprint density at radius 2 is 2.20 bits per heavy atom. The predicted molar refractivity (Wildman–Crippen MR) is 53.4 cm³/mol. The van der Waals surface area contributed by atoms with E-state index in [0.717, 1.165) is 39.3 Å². The summed E-state index contributed by atoms with van der Waals surface area (Å²) in [4.78, 5) is 6.46. The molecular weight excluding hydrogens is 196 g/mol. The molecule has 1 aliphatic heterocycles. The Kier molecular flexibility index (Phi) is 3.71. The summed E-state index contributed by atoms with van der Waals surface area (Å²) in [6, 6.07) is 0. The summed E-state index contributed by atoms with van der Waals surface area (Å²) < 4.78 is 10.5. The number of hydrogen-bond acceptors (Lipinski definition) is 5. The number of ether oxygens (including phenoxy) is 1. The minimum absolute atomic E-state index is 0.0545. The van der Waals surface area contributed by atoms with Gasteiger partial charge >= 0.3 is 0 Å². The fourth-order valence-corrected chi connectivity index (χ4v) is 1.61. The third-order valence-corrected chi connectivity index (χ3v) is 2.51. The normalized spacial score (nSPS) is 18.2. The minimum Gasteiger partial charge on any atom is -0.449 e. The molecule has 5 nitrogen and oxygen atoms in total. The fourth-order valence-electron chi connectivity index (χ4n) is 1.61. The molecule has 1 fully saturated rings. The van der Waals surface area contributed by atoms with Crippen molar-refractivity contribution in [3.05, 3.63) is 17.8 Å². The zero-order valence-electron chi connectivity index (χ0n) is 8.69. The molecule has 2 heterocycles. The first-order valence-electron chi connectivity index (χ1n) is 5.23. The third kappa shape index (κ3) is 3.02. The predicted octanol–water partition coefficient (Wildman–Crippen LogP) is 0.0416. The molecule has 1 aromatic rings. The third-order valence-electron chi connectivity index (χ3n) is 2.51. The van der Waals surface area contributed by atoms with Gasteiger partial charge in [0.15, 0.2) is 5.89 Å². The van der Waals surface area contributed by atoms with Gasteiger partial charge in [-0.05, 0) is 0 Å². The zero-order valence-corrected chi connectivity index (χ0v) is 8.69. The van der Waals surface area contributed by atoms with Crippen LogP contribution >= 0.6 is 0 Å². The van der Waals surface area contributed by atoms with Gasteiger partial charge in [0, 0.05) is 26.1 Å². The second kappa shape index (κ2) is 5.25. The smallest absolute Gasteiger partial charge is 0.195 e. The van der Waals surface area contributed by atoms with Crippen LogP contribution in [0.4, 0.5) is 0 Å². The van der Waals surface area contributed by atoms with Crippen molar-refractivity contribution in [2.45, 2.75) is 13.0 Å². The van der Waals surface area contributed by atoms with Gasteiger partial charge in [0.2, 0.25) is 0 Å². The van der Waals surface area contributed by atoms with Gasteiger partial charge < -0.3 is 14.3 Å². The van der Waals surface area contributed by atoms with Crippen LogP contribution in [0.5, 0.6) is 0 Å². The Balaban J connectivity index is 1.76. The Hall–Kier alpha value is -0.910. The zero-order chi connectivity index (χ0) is 10.5. The highest BCUT2D eigenvalue weighted by Gasteiger charge is 2.11. The van der Waals surface area contributed by atoms with Crippen LogP contribution in [0.1, 0.15) is 11.6 Å². The van der Waals surface area contributed by atoms with E-state index in [-0.39, 0.29) is 6.61 Å². The standard InChI is InChI=1S/C10H16N2O3/c13-7-9-8-15-10(11-9)1-2-12-3-5-14-6-4-12/h8,13H,1-7H2. The van der Waals surface area contributed by atoms with Crippen LogP contribution in [0.3, 0.4) is 0 Å². The second-order valence-electron chi connectivity index (χ2n) is 3.59. The van der Waals surface area contributed by atoms with E-state index in [9.17, 15) is 0 Å². The summed E-state index contributed by atoms with van der Waals surface area (Å²) in [5.74, 6) is 0.700. The molecule has 2 rings (SSSR count). The highest BCUT2D eigenvalue weighted by Crippen LogP contribution is 2.04. The molecule has 1 saturated heterocycles. The summed E-state index contributed by atoms with van der Waals surface area (Å²) in [6.45, 7) is 4.47. The van der Waals surface area contributed by atoms with Gasteiger partial charge in [0.1, 0.15) is 12.0 Å². The Labute approximate surface area is 88.7 Å². The van der Waals surface area contributed by atoms with E-state index in [1.54, 1.807) is 0 Å². The van der Waals surface area contributed by atoms with Gasteiger partial charge in [-0.3, -0.25) is 4.90 Å². The van der Waals surface area contributed by atoms with Gasteiger partial charge in [-0.1, -0.05) is 0 Å². The van der Waals surface area contributed by atoms with Crippen LogP contribution in [0.25, 0.3) is 0 Å². The van der Waals surface area contributed by atoms with E-state index in [4.69, 9.17) is 14.3 Å². The molecule has 15 heavy (non-hydrogen) atoms. The average Bonchev–Trinajstić information content (AvgIpc) is 2.76. The van der Waals surface area contributed by atoms with E-state index >= 15 is 0 Å². The summed E-state index contributed by atoms with van der Waals surface area (Å²) in [5.41, 5.74) is 0.604. The monoisotopic (exact) mass is 212 g/mol. The minimum atomic E-state index is -0.0545. The van der Waals surface area contributed by atoms with E-state index in [1.807, 2.05) is 0 Å². The van der Waals surface area contributed by atoms with Crippen molar-refractivity contribution >= 4 is 0 Å². The molecular formula is C10H16N2O3. The van der Waals surface area contributed by atoms with Crippen molar-refractivity contribution in [1.82, 2.24) is 9.88 Å². The SMILES string of the molecule is OCc1coc(CCN2CCOCC2)n1. The summed E-state index contributed by atoms with van der Waals surface area (Å²) >= 11 is 0. The molecule has 1 aliphatic rings. The van der Waals surface area contributed by atoms with Gasteiger partial charge in [0.05, 0.1) is 19.8 Å². The first kappa shape index (κ1) is 10.6. The number of aromatic nitrogens is 1. The van der Waals surface area contributed by atoms with Gasteiger partial charge in [0.25, 0.3) is 0 Å². The summed E-state index contributed by atoms with van der Waals surface area (Å²) in [6.07, 6.45) is 2.30. The van der Waals surface area contributed by atoms with Crippen LogP contribution in [0, 0.1) is 0 Å². The number of morpholine rings is 1. The molecule has 84 valence electrons. The number of rotatable bonds is 4. The average molecular weight is 212 g/mol. The largest absolute Gasteiger partial charge is 0.449 e. The molecule has 0 spiro atoms. The number of oxazole rings is 1. The lowest BCUT2D eigenvalue weighted by Gasteiger charge is -2.25. The Morgan fingerprint density at radius 1 is 1.40 bits per heavy atom. The van der Waals surface area contributed by atoms with Crippen molar-refractivity contribution in [3.63, 3.8) is 0 Å². The van der Waals surface area contributed by atoms with Crippen molar-refractivity contribution in [2.75, 3.05) is 32.8 Å². The van der Waals surface area contributed by atoms with Crippen molar-refractivity contribution in [3.8, 4) is 0 Å². The first-order chi connectivity index (χ1) is 7.38. The summed E-state index contributed by atoms with van der Waals surface area (Å²) in [7, 11) is 0. The highest BCUT2D eigenvalue weighted by atomic mass is 16.5. The maximum atomic E-state index is 8.82. The number of aliphatic hydroxyl groups is 1. The maximum absolute atomic E-state index is 8.82. The van der Waals surface area contributed by atoms with Crippen LogP contribution in [-0.2, 0) is 17.8 Å². The van der Waals surface area contributed by atoms with Crippen molar-refractivity contribution in [1.29, 1.82) is 0 Å². The molecule has 0 bridgehead atoms. The molecule has 0 atom stereocenters. The number of aliphatic hydroxyl groups excluding tert-OH is 1.